The third-order valence-corrected chi connectivity index (χ3v) is 3.43. The highest BCUT2D eigenvalue weighted by atomic mass is 35.5. The fraction of sp³-hybridized carbons (Fsp3) is 0.118. The molecule has 2 unspecified atom stereocenters. The molecule has 0 bridgehead atoms. The molecular weight excluding hydrogens is 284 g/mol. The van der Waals surface area contributed by atoms with Crippen LogP contribution in [0.15, 0.2) is 79.4 Å². The van der Waals surface area contributed by atoms with E-state index in [0.717, 1.165) is 11.1 Å². The van der Waals surface area contributed by atoms with E-state index in [0.29, 0.717) is 0 Å². The zero-order valence-electron chi connectivity index (χ0n) is 11.4. The summed E-state index contributed by atoms with van der Waals surface area (Å²) in [5.41, 5.74) is 1.96. The molecule has 0 saturated carbocycles. The van der Waals surface area contributed by atoms with Gasteiger partial charge >= 0.3 is 0 Å². The van der Waals surface area contributed by atoms with Crippen LogP contribution in [0.2, 0.25) is 0 Å². The average Bonchev–Trinajstić information content (AvgIpc) is 3.03. The first kappa shape index (κ1) is 15.3. The van der Waals surface area contributed by atoms with Crippen molar-refractivity contribution in [2.24, 2.45) is 0 Å². The number of hydrogen-bond acceptors (Lipinski definition) is 2. The molecule has 0 aliphatic heterocycles. The van der Waals surface area contributed by atoms with Gasteiger partial charge in [0.1, 0.15) is 6.10 Å². The van der Waals surface area contributed by atoms with Crippen LogP contribution in [-0.4, -0.2) is 14.7 Å². The third-order valence-electron chi connectivity index (χ3n) is 3.43. The number of imidazole rings is 1. The van der Waals surface area contributed by atoms with E-state index in [4.69, 9.17) is 0 Å². The second-order valence-corrected chi connectivity index (χ2v) is 4.72. The number of benzene rings is 2. The number of nitrogens with zero attached hydrogens (tertiary/aromatic N) is 2. The van der Waals surface area contributed by atoms with Crippen LogP contribution in [-0.2, 0) is 0 Å². The number of aromatic nitrogens is 2. The van der Waals surface area contributed by atoms with E-state index in [2.05, 4.69) is 4.98 Å². The van der Waals surface area contributed by atoms with Gasteiger partial charge in [0, 0.05) is 12.4 Å². The van der Waals surface area contributed by atoms with E-state index in [1.54, 1.807) is 12.5 Å². The second-order valence-electron chi connectivity index (χ2n) is 4.72. The summed E-state index contributed by atoms with van der Waals surface area (Å²) in [4.78, 5) is 4.10. The lowest BCUT2D eigenvalue weighted by Crippen LogP contribution is -2.18. The van der Waals surface area contributed by atoms with Gasteiger partial charge in [-0.1, -0.05) is 60.7 Å². The smallest absolute Gasteiger partial charge is 0.104 e. The lowest BCUT2D eigenvalue weighted by atomic mass is 9.95. The molecule has 1 heterocycles. The minimum Gasteiger partial charge on any atom is -0.386 e. The fourth-order valence-electron chi connectivity index (χ4n) is 2.43. The summed E-state index contributed by atoms with van der Waals surface area (Å²) < 4.78 is 1.94. The lowest BCUT2D eigenvalue weighted by Gasteiger charge is -2.25. The molecule has 0 amide bonds. The summed E-state index contributed by atoms with van der Waals surface area (Å²) in [5, 5.41) is 10.8. The minimum absolute atomic E-state index is 0. The Morgan fingerprint density at radius 1 is 0.857 bits per heavy atom. The first-order chi connectivity index (χ1) is 9.86. The highest BCUT2D eigenvalue weighted by molar-refractivity contribution is 5.85. The summed E-state index contributed by atoms with van der Waals surface area (Å²) in [7, 11) is 0. The Labute approximate surface area is 130 Å². The SMILES string of the molecule is Cl.OC(c1ccccc1)C(c1ccccc1)n1ccnc1. The Morgan fingerprint density at radius 2 is 1.43 bits per heavy atom. The first-order valence-electron chi connectivity index (χ1n) is 6.61. The fourth-order valence-corrected chi connectivity index (χ4v) is 2.43. The Balaban J connectivity index is 0.00000161. The molecule has 3 rings (SSSR count). The van der Waals surface area contributed by atoms with E-state index in [-0.39, 0.29) is 18.4 Å². The molecule has 2 atom stereocenters. The minimum atomic E-state index is -0.618. The van der Waals surface area contributed by atoms with Gasteiger partial charge in [-0.2, -0.15) is 0 Å². The maximum atomic E-state index is 10.8. The molecule has 0 radical (unpaired) electrons. The molecule has 4 heteroatoms. The van der Waals surface area contributed by atoms with E-state index < -0.39 is 6.10 Å². The normalized spacial score (nSPS) is 13.2. The van der Waals surface area contributed by atoms with Gasteiger partial charge in [0.15, 0.2) is 0 Å². The van der Waals surface area contributed by atoms with Crippen LogP contribution in [0.5, 0.6) is 0 Å². The van der Waals surface area contributed by atoms with Gasteiger partial charge in [-0.15, -0.1) is 12.4 Å². The van der Waals surface area contributed by atoms with E-state index >= 15 is 0 Å². The molecular formula is C17H17ClN2O. The molecule has 0 spiro atoms. The van der Waals surface area contributed by atoms with E-state index in [1.807, 2.05) is 71.4 Å². The summed E-state index contributed by atoms with van der Waals surface area (Å²) >= 11 is 0. The van der Waals surface area contributed by atoms with Crippen molar-refractivity contribution in [1.82, 2.24) is 9.55 Å². The highest BCUT2D eigenvalue weighted by Crippen LogP contribution is 2.31. The topological polar surface area (TPSA) is 38.0 Å². The zero-order chi connectivity index (χ0) is 13.8. The maximum absolute atomic E-state index is 10.8. The Morgan fingerprint density at radius 3 is 1.95 bits per heavy atom. The van der Waals surface area contributed by atoms with Crippen LogP contribution in [0.1, 0.15) is 23.3 Å². The van der Waals surface area contributed by atoms with Crippen LogP contribution in [0.3, 0.4) is 0 Å². The first-order valence-corrected chi connectivity index (χ1v) is 6.61. The number of halogens is 1. The number of aliphatic hydroxyl groups is 1. The molecule has 1 aromatic heterocycles. The van der Waals surface area contributed by atoms with Crippen molar-refractivity contribution in [1.29, 1.82) is 0 Å². The van der Waals surface area contributed by atoms with Crippen molar-refractivity contribution in [2.75, 3.05) is 0 Å². The highest BCUT2D eigenvalue weighted by Gasteiger charge is 2.23. The predicted molar refractivity (Wildman–Crippen MR) is 85.5 cm³/mol. The molecule has 0 aliphatic rings. The standard InChI is InChI=1S/C17H16N2O.ClH/c20-17(15-9-5-2-6-10-15)16(19-12-11-18-13-19)14-7-3-1-4-8-14;/h1-13,16-17,20H;1H. The van der Waals surface area contributed by atoms with Crippen LogP contribution in [0.25, 0.3) is 0 Å². The summed E-state index contributed by atoms with van der Waals surface area (Å²) in [6.45, 7) is 0. The molecule has 3 nitrogen and oxygen atoms in total. The molecule has 0 fully saturated rings. The molecule has 0 aliphatic carbocycles. The Bertz CT molecular complexity index is 641. The Kier molecular flexibility index (Phi) is 5.14. The number of hydrogen-bond donors (Lipinski definition) is 1. The zero-order valence-corrected chi connectivity index (χ0v) is 12.2. The van der Waals surface area contributed by atoms with Crippen LogP contribution in [0.4, 0.5) is 0 Å². The van der Waals surface area contributed by atoms with Gasteiger partial charge in [-0.3, -0.25) is 0 Å². The third kappa shape index (κ3) is 3.32. The van der Waals surface area contributed by atoms with Crippen LogP contribution < -0.4 is 0 Å². The quantitative estimate of drug-likeness (QED) is 0.799. The van der Waals surface area contributed by atoms with Crippen LogP contribution in [0, 0.1) is 0 Å². The van der Waals surface area contributed by atoms with Gasteiger partial charge in [0.25, 0.3) is 0 Å². The number of aliphatic hydroxyl groups excluding tert-OH is 1. The summed E-state index contributed by atoms with van der Waals surface area (Å²) in [6.07, 6.45) is 4.73. The van der Waals surface area contributed by atoms with Crippen molar-refractivity contribution in [3.05, 3.63) is 90.5 Å². The largest absolute Gasteiger partial charge is 0.386 e. The molecule has 0 saturated heterocycles. The predicted octanol–water partition coefficient (Wildman–Crippen LogP) is 3.63. The molecule has 1 N–H and O–H groups in total. The van der Waals surface area contributed by atoms with Crippen molar-refractivity contribution < 1.29 is 5.11 Å². The van der Waals surface area contributed by atoms with E-state index in [9.17, 15) is 5.11 Å². The number of rotatable bonds is 4. The summed E-state index contributed by atoms with van der Waals surface area (Å²) in [5.74, 6) is 0. The lowest BCUT2D eigenvalue weighted by molar-refractivity contribution is 0.131. The van der Waals surface area contributed by atoms with Crippen molar-refractivity contribution in [2.45, 2.75) is 12.1 Å². The molecule has 21 heavy (non-hydrogen) atoms. The van der Waals surface area contributed by atoms with Gasteiger partial charge in [0.2, 0.25) is 0 Å². The van der Waals surface area contributed by atoms with Crippen LogP contribution >= 0.6 is 12.4 Å². The summed E-state index contributed by atoms with van der Waals surface area (Å²) in [6, 6.07) is 19.5. The average molecular weight is 301 g/mol. The second kappa shape index (κ2) is 7.07. The van der Waals surface area contributed by atoms with Gasteiger partial charge in [0.05, 0.1) is 12.4 Å². The van der Waals surface area contributed by atoms with Crippen molar-refractivity contribution >= 4 is 12.4 Å². The van der Waals surface area contributed by atoms with Crippen molar-refractivity contribution in [3.8, 4) is 0 Å². The van der Waals surface area contributed by atoms with Crippen molar-refractivity contribution in [3.63, 3.8) is 0 Å². The maximum Gasteiger partial charge on any atom is 0.104 e. The molecule has 108 valence electrons. The molecule has 2 aromatic carbocycles. The van der Waals surface area contributed by atoms with Gasteiger partial charge in [-0.05, 0) is 11.1 Å². The Hall–Kier alpha value is -2.10. The monoisotopic (exact) mass is 300 g/mol. The van der Waals surface area contributed by atoms with Gasteiger partial charge < -0.3 is 9.67 Å². The molecule has 3 aromatic rings. The van der Waals surface area contributed by atoms with Gasteiger partial charge in [-0.25, -0.2) is 4.98 Å². The van der Waals surface area contributed by atoms with E-state index in [1.165, 1.54) is 0 Å².